The molecule has 2 amide bonds. The van der Waals surface area contributed by atoms with Gasteiger partial charge in [-0.1, -0.05) is 39.0 Å². The molecule has 0 aliphatic carbocycles. The molecule has 5 atom stereocenters. The maximum Gasteiger partial charge on any atom is 0.246 e. The number of nitrogens with one attached hydrogen (secondary N) is 1. The van der Waals surface area contributed by atoms with Crippen molar-refractivity contribution in [2.45, 2.75) is 83.5 Å². The number of carbonyl (C=O) groups is 3. The summed E-state index contributed by atoms with van der Waals surface area (Å²) in [5.74, 6) is 0.240. The molecule has 1 rings (SSSR count). The molecule has 0 bridgehead atoms. The molecule has 0 aromatic heterocycles. The largest absolute Gasteiger partial charge is 0.343 e. The first kappa shape index (κ1) is 23.3. The lowest BCUT2D eigenvalue weighted by atomic mass is 10.0. The van der Waals surface area contributed by atoms with Crippen molar-refractivity contribution in [1.29, 1.82) is 0 Å². The van der Waals surface area contributed by atoms with Gasteiger partial charge in [0.2, 0.25) is 11.8 Å². The molecule has 1 fully saturated rings. The predicted octanol–water partition coefficient (Wildman–Crippen LogP) is 3.52. The second kappa shape index (κ2) is 10.6. The monoisotopic (exact) mass is 402 g/mol. The smallest absolute Gasteiger partial charge is 0.246 e. The summed E-state index contributed by atoms with van der Waals surface area (Å²) in [5.41, 5.74) is 0. The lowest BCUT2D eigenvalue weighted by molar-refractivity contribution is -0.138. The van der Waals surface area contributed by atoms with E-state index in [1.54, 1.807) is 11.8 Å². The van der Waals surface area contributed by atoms with Gasteiger partial charge in [-0.3, -0.25) is 14.4 Å². The second-order valence-corrected chi connectivity index (χ2v) is 9.77. The first-order valence-electron chi connectivity index (χ1n) is 9.46. The van der Waals surface area contributed by atoms with E-state index < -0.39 is 11.3 Å². The van der Waals surface area contributed by atoms with Crippen LogP contribution in [-0.4, -0.2) is 50.8 Å². The Morgan fingerprint density at radius 3 is 2.35 bits per heavy atom. The molecule has 5 nitrogen and oxygen atoms in total. The molecule has 1 aliphatic heterocycles. The van der Waals surface area contributed by atoms with Crippen LogP contribution < -0.4 is 5.32 Å². The summed E-state index contributed by atoms with van der Waals surface area (Å²) >= 11 is 2.76. The molecule has 26 heavy (non-hydrogen) atoms. The summed E-state index contributed by atoms with van der Waals surface area (Å²) in [5, 5.41) is 2.57. The van der Waals surface area contributed by atoms with Gasteiger partial charge in [0.15, 0.2) is 5.12 Å². The maximum absolute atomic E-state index is 13.1. The first-order valence-corrected chi connectivity index (χ1v) is 11.6. The molecule has 1 N–H and O–H groups in total. The van der Waals surface area contributed by atoms with E-state index in [1.807, 2.05) is 38.9 Å². The normalized spacial score (nSPS) is 26.4. The fourth-order valence-corrected chi connectivity index (χ4v) is 5.51. The van der Waals surface area contributed by atoms with Crippen LogP contribution in [0.3, 0.4) is 0 Å². The van der Waals surface area contributed by atoms with Gasteiger partial charge in [-0.15, -0.1) is 11.8 Å². The van der Waals surface area contributed by atoms with Gasteiger partial charge in [-0.05, 0) is 44.8 Å². The summed E-state index contributed by atoms with van der Waals surface area (Å²) in [6, 6.07) is -0.430. The standard InChI is InChI=1S/C19H34N2O3S2/c1-8-12(4)16(26-14(6)22)17(23)20-15-10-9-13(5)19(25-7)21(11(2)3)18(15)24/h11-13,15-16,19H,8-10H2,1-7H3,(H,20,23)/t12-,13-,15?,16?,19?/m0/s1. The van der Waals surface area contributed by atoms with Crippen LogP contribution in [0, 0.1) is 11.8 Å². The number of nitrogens with zero attached hydrogens (tertiary/aromatic N) is 1. The van der Waals surface area contributed by atoms with Crippen molar-refractivity contribution in [3.63, 3.8) is 0 Å². The minimum atomic E-state index is -0.511. The number of amides is 2. The topological polar surface area (TPSA) is 66.5 Å². The fraction of sp³-hybridized carbons (Fsp3) is 0.842. The van der Waals surface area contributed by atoms with E-state index in [2.05, 4.69) is 12.2 Å². The van der Waals surface area contributed by atoms with Crippen molar-refractivity contribution < 1.29 is 14.4 Å². The van der Waals surface area contributed by atoms with Gasteiger partial charge in [0.05, 0.1) is 10.6 Å². The van der Waals surface area contributed by atoms with Crippen molar-refractivity contribution in [3.05, 3.63) is 0 Å². The molecule has 0 aromatic carbocycles. The van der Waals surface area contributed by atoms with Crippen LogP contribution in [0.2, 0.25) is 0 Å². The fourth-order valence-electron chi connectivity index (χ4n) is 3.38. The Labute approximate surface area is 166 Å². The Morgan fingerprint density at radius 2 is 1.88 bits per heavy atom. The zero-order valence-corrected chi connectivity index (χ0v) is 18.7. The van der Waals surface area contributed by atoms with Gasteiger partial charge in [-0.25, -0.2) is 0 Å². The van der Waals surface area contributed by atoms with Crippen LogP contribution in [0.15, 0.2) is 0 Å². The number of likely N-dealkylation sites (tertiary alicyclic amines) is 1. The molecular weight excluding hydrogens is 368 g/mol. The number of hydrogen-bond donors (Lipinski definition) is 1. The van der Waals surface area contributed by atoms with Gasteiger partial charge in [-0.2, -0.15) is 0 Å². The average molecular weight is 403 g/mol. The van der Waals surface area contributed by atoms with Gasteiger partial charge in [0.1, 0.15) is 6.04 Å². The first-order chi connectivity index (χ1) is 12.1. The van der Waals surface area contributed by atoms with Gasteiger partial charge < -0.3 is 10.2 Å². The molecule has 0 radical (unpaired) electrons. The summed E-state index contributed by atoms with van der Waals surface area (Å²) in [6.45, 7) is 11.7. The summed E-state index contributed by atoms with van der Waals surface area (Å²) in [4.78, 5) is 39.5. The highest BCUT2D eigenvalue weighted by molar-refractivity contribution is 8.14. The Balaban J connectivity index is 3.00. The van der Waals surface area contributed by atoms with E-state index >= 15 is 0 Å². The van der Waals surface area contributed by atoms with E-state index in [0.717, 1.165) is 24.6 Å². The van der Waals surface area contributed by atoms with Gasteiger partial charge in [0, 0.05) is 13.0 Å². The van der Waals surface area contributed by atoms with Crippen LogP contribution in [0.1, 0.15) is 60.8 Å². The average Bonchev–Trinajstić information content (AvgIpc) is 2.69. The van der Waals surface area contributed by atoms with Crippen molar-refractivity contribution >= 4 is 40.5 Å². The second-order valence-electron chi connectivity index (χ2n) is 7.50. The van der Waals surface area contributed by atoms with Crippen molar-refractivity contribution in [3.8, 4) is 0 Å². The number of thioether (sulfide) groups is 2. The lowest BCUT2D eigenvalue weighted by Crippen LogP contribution is -2.54. The van der Waals surface area contributed by atoms with E-state index in [9.17, 15) is 14.4 Å². The van der Waals surface area contributed by atoms with Crippen molar-refractivity contribution in [1.82, 2.24) is 10.2 Å². The van der Waals surface area contributed by atoms with Crippen molar-refractivity contribution in [2.24, 2.45) is 11.8 Å². The maximum atomic E-state index is 13.1. The van der Waals surface area contributed by atoms with Gasteiger partial charge >= 0.3 is 0 Å². The number of rotatable bonds is 7. The Bertz CT molecular complexity index is 513. The third-order valence-corrected chi connectivity index (χ3v) is 7.49. The summed E-state index contributed by atoms with van der Waals surface area (Å²) in [7, 11) is 0. The third kappa shape index (κ3) is 5.91. The molecule has 0 spiro atoms. The molecule has 1 heterocycles. The molecule has 150 valence electrons. The van der Waals surface area contributed by atoms with Crippen LogP contribution in [-0.2, 0) is 14.4 Å². The van der Waals surface area contributed by atoms with Crippen molar-refractivity contribution in [2.75, 3.05) is 6.26 Å². The zero-order chi connectivity index (χ0) is 20.0. The Morgan fingerprint density at radius 1 is 1.27 bits per heavy atom. The molecule has 1 saturated heterocycles. The minimum absolute atomic E-state index is 0.00669. The molecule has 3 unspecified atom stereocenters. The SMILES string of the molecule is CC[C@H](C)C(SC(C)=O)C(=O)NC1CC[C@H](C)C(SC)N(C(C)C)C1=O. The van der Waals surface area contributed by atoms with Crippen LogP contribution in [0.5, 0.6) is 0 Å². The highest BCUT2D eigenvalue weighted by Crippen LogP contribution is 2.32. The highest BCUT2D eigenvalue weighted by Gasteiger charge is 2.39. The molecule has 1 aliphatic rings. The molecule has 7 heteroatoms. The predicted molar refractivity (Wildman–Crippen MR) is 111 cm³/mol. The van der Waals surface area contributed by atoms with E-state index in [4.69, 9.17) is 0 Å². The Kier molecular flexibility index (Phi) is 9.51. The summed E-state index contributed by atoms with van der Waals surface area (Å²) in [6.07, 6.45) is 4.37. The van der Waals surface area contributed by atoms with Crippen LogP contribution >= 0.6 is 23.5 Å². The van der Waals surface area contributed by atoms with Crippen LogP contribution in [0.4, 0.5) is 0 Å². The highest BCUT2D eigenvalue weighted by atomic mass is 32.2. The van der Waals surface area contributed by atoms with Crippen LogP contribution in [0.25, 0.3) is 0 Å². The van der Waals surface area contributed by atoms with E-state index in [-0.39, 0.29) is 34.3 Å². The number of carbonyl (C=O) groups excluding carboxylic acids is 3. The zero-order valence-electron chi connectivity index (χ0n) is 17.1. The lowest BCUT2D eigenvalue weighted by Gasteiger charge is -2.36. The van der Waals surface area contributed by atoms with E-state index in [1.165, 1.54) is 6.92 Å². The molecule has 0 aromatic rings. The third-order valence-electron chi connectivity index (χ3n) is 5.05. The number of hydrogen-bond acceptors (Lipinski definition) is 5. The molecular formula is C19H34N2O3S2. The van der Waals surface area contributed by atoms with E-state index in [0.29, 0.717) is 12.3 Å². The summed E-state index contributed by atoms with van der Waals surface area (Å²) < 4.78 is 0. The van der Waals surface area contributed by atoms with Gasteiger partial charge in [0.25, 0.3) is 0 Å². The quantitative estimate of drug-likeness (QED) is 0.706. The minimum Gasteiger partial charge on any atom is -0.343 e. The molecule has 0 saturated carbocycles. The Hall–Kier alpha value is -0.690.